The molecule has 0 radical (unpaired) electrons. The number of imidazole rings is 1. The smallest absolute Gasteiger partial charge is 0.253 e. The highest BCUT2D eigenvalue weighted by atomic mass is 16.5. The number of hydrogen-bond acceptors (Lipinski definition) is 3. The second-order valence-electron chi connectivity index (χ2n) is 7.18. The molecule has 0 unspecified atom stereocenters. The number of carbonyl (C=O) groups is 1. The number of methoxy groups -OCH3 is 1. The Bertz CT molecular complexity index is 743. The SMILES string of the molecule is COc1cccc(C(=O)N2CCC(c3nccn3CC3CC3)CC2)c1. The van der Waals surface area contributed by atoms with Gasteiger partial charge < -0.3 is 14.2 Å². The van der Waals surface area contributed by atoms with E-state index < -0.39 is 0 Å². The largest absolute Gasteiger partial charge is 0.497 e. The van der Waals surface area contributed by atoms with Crippen LogP contribution in [-0.4, -0.2) is 40.6 Å². The zero-order valence-electron chi connectivity index (χ0n) is 14.7. The normalized spacial score (nSPS) is 18.4. The average Bonchev–Trinajstić information content (AvgIpc) is 3.36. The summed E-state index contributed by atoms with van der Waals surface area (Å²) in [4.78, 5) is 19.3. The highest BCUT2D eigenvalue weighted by Gasteiger charge is 2.29. The third-order valence-corrected chi connectivity index (χ3v) is 5.36. The van der Waals surface area contributed by atoms with Crippen molar-refractivity contribution < 1.29 is 9.53 Å². The highest BCUT2D eigenvalue weighted by molar-refractivity contribution is 5.94. The molecule has 1 aromatic heterocycles. The Morgan fingerprint density at radius 1 is 1.24 bits per heavy atom. The number of amides is 1. The molecule has 1 aliphatic heterocycles. The van der Waals surface area contributed by atoms with Gasteiger partial charge in [-0.05, 0) is 49.8 Å². The Labute approximate surface area is 148 Å². The average molecular weight is 339 g/mol. The zero-order valence-corrected chi connectivity index (χ0v) is 14.7. The van der Waals surface area contributed by atoms with Gasteiger partial charge in [-0.1, -0.05) is 6.07 Å². The maximum atomic E-state index is 12.7. The van der Waals surface area contributed by atoms with Crippen LogP contribution in [0.2, 0.25) is 0 Å². The molecule has 0 atom stereocenters. The Morgan fingerprint density at radius 3 is 2.76 bits per heavy atom. The van der Waals surface area contributed by atoms with Crippen LogP contribution in [0.15, 0.2) is 36.7 Å². The van der Waals surface area contributed by atoms with E-state index in [4.69, 9.17) is 4.74 Å². The van der Waals surface area contributed by atoms with Crippen LogP contribution in [-0.2, 0) is 6.54 Å². The van der Waals surface area contributed by atoms with Gasteiger partial charge in [-0.2, -0.15) is 0 Å². The van der Waals surface area contributed by atoms with E-state index in [1.807, 2.05) is 35.4 Å². The minimum absolute atomic E-state index is 0.0960. The molecule has 0 bridgehead atoms. The molecule has 1 aliphatic carbocycles. The molecule has 25 heavy (non-hydrogen) atoms. The van der Waals surface area contributed by atoms with Crippen LogP contribution >= 0.6 is 0 Å². The molecule has 5 nitrogen and oxygen atoms in total. The molecule has 2 fully saturated rings. The van der Waals surface area contributed by atoms with Crippen LogP contribution in [0.3, 0.4) is 0 Å². The van der Waals surface area contributed by atoms with Gasteiger partial charge in [0, 0.05) is 43.5 Å². The van der Waals surface area contributed by atoms with E-state index in [9.17, 15) is 4.79 Å². The standard InChI is InChI=1S/C20H25N3O2/c1-25-18-4-2-3-17(13-18)20(24)22-10-7-16(8-11-22)19-21-9-12-23(19)14-15-5-6-15/h2-4,9,12-13,15-16H,5-8,10-11,14H2,1H3. The Kier molecular flexibility index (Phi) is 4.47. The number of hydrogen-bond donors (Lipinski definition) is 0. The first-order chi connectivity index (χ1) is 12.2. The molecule has 2 aliphatic rings. The lowest BCUT2D eigenvalue weighted by Gasteiger charge is -2.32. The molecule has 0 N–H and O–H groups in total. The molecule has 2 aromatic rings. The summed E-state index contributed by atoms with van der Waals surface area (Å²) in [6.07, 6.45) is 8.71. The van der Waals surface area contributed by atoms with Crippen LogP contribution in [0, 0.1) is 5.92 Å². The fourth-order valence-corrected chi connectivity index (χ4v) is 3.69. The van der Waals surface area contributed by atoms with Crippen LogP contribution in [0.25, 0.3) is 0 Å². The van der Waals surface area contributed by atoms with E-state index in [0.717, 1.165) is 44.1 Å². The Balaban J connectivity index is 1.39. The van der Waals surface area contributed by atoms with Crippen molar-refractivity contribution in [1.82, 2.24) is 14.5 Å². The van der Waals surface area contributed by atoms with Gasteiger partial charge >= 0.3 is 0 Å². The summed E-state index contributed by atoms with van der Waals surface area (Å²) in [6.45, 7) is 2.69. The molecule has 0 spiro atoms. The second kappa shape index (κ2) is 6.90. The fourth-order valence-electron chi connectivity index (χ4n) is 3.69. The number of nitrogens with zero attached hydrogens (tertiary/aromatic N) is 3. The lowest BCUT2D eigenvalue weighted by Crippen LogP contribution is -2.38. The van der Waals surface area contributed by atoms with Crippen LogP contribution in [0.1, 0.15) is 47.8 Å². The van der Waals surface area contributed by atoms with Gasteiger partial charge in [0.25, 0.3) is 5.91 Å². The Hall–Kier alpha value is -2.30. The molecule has 2 heterocycles. The van der Waals surface area contributed by atoms with Gasteiger partial charge in [0.15, 0.2) is 0 Å². The van der Waals surface area contributed by atoms with Gasteiger partial charge in [0.05, 0.1) is 7.11 Å². The lowest BCUT2D eigenvalue weighted by atomic mass is 9.95. The van der Waals surface area contributed by atoms with E-state index in [2.05, 4.69) is 15.7 Å². The van der Waals surface area contributed by atoms with E-state index in [-0.39, 0.29) is 5.91 Å². The summed E-state index contributed by atoms with van der Waals surface area (Å²) in [7, 11) is 1.62. The highest BCUT2D eigenvalue weighted by Crippen LogP contribution is 2.33. The summed E-state index contributed by atoms with van der Waals surface area (Å²) in [5, 5.41) is 0. The predicted molar refractivity (Wildman–Crippen MR) is 95.8 cm³/mol. The van der Waals surface area contributed by atoms with E-state index in [1.54, 1.807) is 7.11 Å². The summed E-state index contributed by atoms with van der Waals surface area (Å²) in [5.41, 5.74) is 0.702. The second-order valence-corrected chi connectivity index (χ2v) is 7.18. The molecular formula is C20H25N3O2. The monoisotopic (exact) mass is 339 g/mol. The molecule has 4 rings (SSSR count). The van der Waals surface area contributed by atoms with Crippen molar-refractivity contribution in [3.63, 3.8) is 0 Å². The number of carbonyl (C=O) groups excluding carboxylic acids is 1. The van der Waals surface area contributed by atoms with Gasteiger partial charge in [0.2, 0.25) is 0 Å². The topological polar surface area (TPSA) is 47.4 Å². The lowest BCUT2D eigenvalue weighted by molar-refractivity contribution is 0.0710. The van der Waals surface area contributed by atoms with Gasteiger partial charge in [-0.3, -0.25) is 4.79 Å². The molecule has 1 saturated carbocycles. The molecule has 1 saturated heterocycles. The Morgan fingerprint density at radius 2 is 2.04 bits per heavy atom. The maximum absolute atomic E-state index is 12.7. The van der Waals surface area contributed by atoms with E-state index >= 15 is 0 Å². The first kappa shape index (κ1) is 16.2. The van der Waals surface area contributed by atoms with Crippen LogP contribution < -0.4 is 4.74 Å². The minimum atomic E-state index is 0.0960. The minimum Gasteiger partial charge on any atom is -0.497 e. The van der Waals surface area contributed by atoms with Crippen molar-refractivity contribution in [2.45, 2.75) is 38.1 Å². The third-order valence-electron chi connectivity index (χ3n) is 5.36. The molecular weight excluding hydrogens is 314 g/mol. The summed E-state index contributed by atoms with van der Waals surface area (Å²) in [5.74, 6) is 3.34. The van der Waals surface area contributed by atoms with Crippen molar-refractivity contribution in [3.05, 3.63) is 48.0 Å². The number of piperidine rings is 1. The van der Waals surface area contributed by atoms with Gasteiger partial charge in [0.1, 0.15) is 11.6 Å². The quantitative estimate of drug-likeness (QED) is 0.839. The zero-order chi connectivity index (χ0) is 17.2. The molecule has 132 valence electrons. The predicted octanol–water partition coefficient (Wildman–Crippen LogP) is 3.32. The number of aromatic nitrogens is 2. The third kappa shape index (κ3) is 3.55. The first-order valence-electron chi connectivity index (χ1n) is 9.19. The fraction of sp³-hybridized carbons (Fsp3) is 0.500. The number of rotatable bonds is 5. The van der Waals surface area contributed by atoms with Crippen LogP contribution in [0.4, 0.5) is 0 Å². The molecule has 1 amide bonds. The summed E-state index contributed by atoms with van der Waals surface area (Å²) >= 11 is 0. The first-order valence-corrected chi connectivity index (χ1v) is 9.19. The van der Waals surface area contributed by atoms with Crippen molar-refractivity contribution in [2.75, 3.05) is 20.2 Å². The van der Waals surface area contributed by atoms with Crippen molar-refractivity contribution in [1.29, 1.82) is 0 Å². The van der Waals surface area contributed by atoms with E-state index in [1.165, 1.54) is 18.7 Å². The van der Waals surface area contributed by atoms with Crippen LogP contribution in [0.5, 0.6) is 5.75 Å². The summed E-state index contributed by atoms with van der Waals surface area (Å²) < 4.78 is 7.56. The van der Waals surface area contributed by atoms with Crippen molar-refractivity contribution >= 4 is 5.91 Å². The van der Waals surface area contributed by atoms with Gasteiger partial charge in [-0.15, -0.1) is 0 Å². The molecule has 1 aromatic carbocycles. The number of benzene rings is 1. The number of ether oxygens (including phenoxy) is 1. The maximum Gasteiger partial charge on any atom is 0.253 e. The van der Waals surface area contributed by atoms with Crippen molar-refractivity contribution in [3.8, 4) is 5.75 Å². The van der Waals surface area contributed by atoms with Gasteiger partial charge in [-0.25, -0.2) is 4.98 Å². The number of likely N-dealkylation sites (tertiary alicyclic amines) is 1. The van der Waals surface area contributed by atoms with E-state index in [0.29, 0.717) is 11.5 Å². The summed E-state index contributed by atoms with van der Waals surface area (Å²) in [6, 6.07) is 7.41. The van der Waals surface area contributed by atoms with Crippen molar-refractivity contribution in [2.24, 2.45) is 5.92 Å². The molecule has 5 heteroatoms.